The van der Waals surface area contributed by atoms with Crippen LogP contribution in [0.2, 0.25) is 0 Å². The molecule has 1 aromatic heterocycles. The maximum atomic E-state index is 12.5. The Labute approximate surface area is 168 Å². The smallest absolute Gasteiger partial charge is 0.348 e. The predicted molar refractivity (Wildman–Crippen MR) is 107 cm³/mol. The van der Waals surface area contributed by atoms with Crippen LogP contribution >= 0.6 is 11.3 Å². The average Bonchev–Trinajstić information content (AvgIpc) is 3.39. The average molecular weight is 404 g/mol. The third-order valence-electron chi connectivity index (χ3n) is 4.85. The molecule has 6 nitrogen and oxygen atoms in total. The molecule has 28 heavy (non-hydrogen) atoms. The van der Waals surface area contributed by atoms with Gasteiger partial charge in [-0.3, -0.25) is 4.79 Å². The van der Waals surface area contributed by atoms with E-state index in [1.165, 1.54) is 20.0 Å². The van der Waals surface area contributed by atoms with Crippen LogP contribution in [0.5, 0.6) is 11.5 Å². The standard InChI is InChI=1S/C21H25NO5S/c1-13(22-20(23)18-10-11-19(28-18)21(24)26-3)14-8-9-16(17(12-14)25-2)27-15-6-4-5-7-15/h8-13,15H,4-7H2,1-3H3,(H,22,23). The van der Waals surface area contributed by atoms with E-state index in [1.807, 2.05) is 25.1 Å². The van der Waals surface area contributed by atoms with Crippen molar-refractivity contribution in [2.45, 2.75) is 44.8 Å². The summed E-state index contributed by atoms with van der Waals surface area (Å²) in [5, 5.41) is 2.95. The monoisotopic (exact) mass is 403 g/mol. The number of hydrogen-bond donors (Lipinski definition) is 1. The zero-order chi connectivity index (χ0) is 20.1. The van der Waals surface area contributed by atoms with Crippen LogP contribution in [0.1, 0.15) is 63.6 Å². The molecule has 1 aliphatic rings. The number of rotatable bonds is 7. The lowest BCUT2D eigenvalue weighted by Crippen LogP contribution is -2.26. The number of amides is 1. The fraction of sp³-hybridized carbons (Fsp3) is 0.429. The van der Waals surface area contributed by atoms with Gasteiger partial charge in [0.2, 0.25) is 0 Å². The van der Waals surface area contributed by atoms with Crippen LogP contribution in [-0.2, 0) is 4.74 Å². The predicted octanol–water partition coefficient (Wildman–Crippen LogP) is 4.36. The highest BCUT2D eigenvalue weighted by Crippen LogP contribution is 2.33. The van der Waals surface area contributed by atoms with Crippen molar-refractivity contribution in [1.29, 1.82) is 0 Å². The lowest BCUT2D eigenvalue weighted by atomic mass is 10.1. The highest BCUT2D eigenvalue weighted by molar-refractivity contribution is 7.15. The lowest BCUT2D eigenvalue weighted by Gasteiger charge is -2.19. The minimum atomic E-state index is -0.445. The summed E-state index contributed by atoms with van der Waals surface area (Å²) in [5.74, 6) is 0.713. The molecule has 1 heterocycles. The minimum absolute atomic E-state index is 0.231. The van der Waals surface area contributed by atoms with E-state index in [4.69, 9.17) is 9.47 Å². The van der Waals surface area contributed by atoms with E-state index in [0.29, 0.717) is 15.5 Å². The first-order valence-corrected chi connectivity index (χ1v) is 10.2. The second-order valence-electron chi connectivity index (χ2n) is 6.79. The molecular formula is C21H25NO5S. The van der Waals surface area contributed by atoms with Crippen LogP contribution in [0.15, 0.2) is 30.3 Å². The van der Waals surface area contributed by atoms with Gasteiger partial charge in [-0.15, -0.1) is 11.3 Å². The van der Waals surface area contributed by atoms with Crippen molar-refractivity contribution in [3.63, 3.8) is 0 Å². The first kappa shape index (κ1) is 20.2. The van der Waals surface area contributed by atoms with Gasteiger partial charge in [0.15, 0.2) is 11.5 Å². The fourth-order valence-electron chi connectivity index (χ4n) is 3.26. The van der Waals surface area contributed by atoms with Crippen molar-refractivity contribution in [2.75, 3.05) is 14.2 Å². The van der Waals surface area contributed by atoms with Gasteiger partial charge in [-0.05, 0) is 62.4 Å². The Morgan fingerprint density at radius 1 is 1.07 bits per heavy atom. The number of benzene rings is 1. The molecule has 1 N–H and O–H groups in total. The second kappa shape index (κ2) is 9.10. The van der Waals surface area contributed by atoms with Crippen LogP contribution in [0.4, 0.5) is 0 Å². The van der Waals surface area contributed by atoms with E-state index in [-0.39, 0.29) is 18.1 Å². The van der Waals surface area contributed by atoms with E-state index < -0.39 is 5.97 Å². The van der Waals surface area contributed by atoms with Gasteiger partial charge in [0, 0.05) is 0 Å². The first-order chi connectivity index (χ1) is 13.5. The molecule has 150 valence electrons. The molecule has 1 unspecified atom stereocenters. The minimum Gasteiger partial charge on any atom is -0.493 e. The Morgan fingerprint density at radius 3 is 2.46 bits per heavy atom. The van der Waals surface area contributed by atoms with Gasteiger partial charge in [0.25, 0.3) is 5.91 Å². The van der Waals surface area contributed by atoms with Gasteiger partial charge < -0.3 is 19.5 Å². The normalized spacial score (nSPS) is 15.1. The van der Waals surface area contributed by atoms with Gasteiger partial charge in [0.05, 0.1) is 31.2 Å². The first-order valence-electron chi connectivity index (χ1n) is 9.35. The quantitative estimate of drug-likeness (QED) is 0.696. The van der Waals surface area contributed by atoms with E-state index in [1.54, 1.807) is 19.2 Å². The molecule has 1 aromatic carbocycles. The molecule has 0 aliphatic heterocycles. The lowest BCUT2D eigenvalue weighted by molar-refractivity contribution is 0.0606. The number of thiophene rings is 1. The molecule has 1 aliphatic carbocycles. The van der Waals surface area contributed by atoms with Crippen LogP contribution in [-0.4, -0.2) is 32.2 Å². The number of esters is 1. The molecule has 2 aromatic rings. The summed E-state index contributed by atoms with van der Waals surface area (Å²) < 4.78 is 16.2. The van der Waals surface area contributed by atoms with E-state index >= 15 is 0 Å². The topological polar surface area (TPSA) is 73.9 Å². The molecule has 0 saturated heterocycles. The van der Waals surface area contributed by atoms with Gasteiger partial charge in [-0.2, -0.15) is 0 Å². The SMILES string of the molecule is COC(=O)c1ccc(C(=O)NC(C)c2ccc(OC3CCCC3)c(OC)c2)s1. The molecule has 0 bridgehead atoms. The highest BCUT2D eigenvalue weighted by Gasteiger charge is 2.20. The number of methoxy groups -OCH3 is 2. The van der Waals surface area contributed by atoms with Crippen LogP contribution in [0, 0.1) is 0 Å². The molecule has 7 heteroatoms. The summed E-state index contributed by atoms with van der Waals surface area (Å²) in [5.41, 5.74) is 0.911. The highest BCUT2D eigenvalue weighted by atomic mass is 32.1. The van der Waals surface area contributed by atoms with Crippen LogP contribution in [0.25, 0.3) is 0 Å². The molecular weight excluding hydrogens is 378 g/mol. The summed E-state index contributed by atoms with van der Waals surface area (Å²) in [7, 11) is 2.93. The summed E-state index contributed by atoms with van der Waals surface area (Å²) in [6, 6.07) is 8.71. The number of ether oxygens (including phenoxy) is 3. The Morgan fingerprint density at radius 2 is 1.79 bits per heavy atom. The van der Waals surface area contributed by atoms with Crippen LogP contribution in [0.3, 0.4) is 0 Å². The zero-order valence-corrected chi connectivity index (χ0v) is 17.1. The number of nitrogens with one attached hydrogen (secondary N) is 1. The fourth-order valence-corrected chi connectivity index (χ4v) is 4.09. The van der Waals surface area contributed by atoms with Crippen molar-refractivity contribution < 1.29 is 23.8 Å². The van der Waals surface area contributed by atoms with Crippen LogP contribution < -0.4 is 14.8 Å². The Bertz CT molecular complexity index is 841. The maximum absolute atomic E-state index is 12.5. The molecule has 0 spiro atoms. The molecule has 0 radical (unpaired) electrons. The Hall–Kier alpha value is -2.54. The van der Waals surface area contributed by atoms with Crippen molar-refractivity contribution in [1.82, 2.24) is 5.32 Å². The molecule has 1 atom stereocenters. The van der Waals surface area contributed by atoms with Gasteiger partial charge >= 0.3 is 5.97 Å². The van der Waals surface area contributed by atoms with Crippen molar-refractivity contribution in [2.24, 2.45) is 0 Å². The maximum Gasteiger partial charge on any atom is 0.348 e. The summed E-state index contributed by atoms with van der Waals surface area (Å²) >= 11 is 1.11. The summed E-state index contributed by atoms with van der Waals surface area (Å²) in [6.07, 6.45) is 4.81. The second-order valence-corrected chi connectivity index (χ2v) is 7.87. The molecule has 1 amide bonds. The molecule has 1 saturated carbocycles. The largest absolute Gasteiger partial charge is 0.493 e. The van der Waals surface area contributed by atoms with Gasteiger partial charge in [0.1, 0.15) is 4.88 Å². The van der Waals surface area contributed by atoms with E-state index in [0.717, 1.165) is 35.5 Å². The number of carbonyl (C=O) groups is 2. The Balaban J connectivity index is 1.67. The third-order valence-corrected chi connectivity index (χ3v) is 5.91. The zero-order valence-electron chi connectivity index (χ0n) is 16.3. The van der Waals surface area contributed by atoms with Crippen molar-refractivity contribution in [3.8, 4) is 11.5 Å². The molecule has 1 fully saturated rings. The molecule has 3 rings (SSSR count). The summed E-state index contributed by atoms with van der Waals surface area (Å²) in [4.78, 5) is 24.9. The van der Waals surface area contributed by atoms with Gasteiger partial charge in [-0.1, -0.05) is 6.07 Å². The number of carbonyl (C=O) groups excluding carboxylic acids is 2. The van der Waals surface area contributed by atoms with Crippen molar-refractivity contribution in [3.05, 3.63) is 45.6 Å². The van der Waals surface area contributed by atoms with Gasteiger partial charge in [-0.25, -0.2) is 4.79 Å². The van der Waals surface area contributed by atoms with E-state index in [2.05, 4.69) is 10.1 Å². The number of hydrogen-bond acceptors (Lipinski definition) is 6. The van der Waals surface area contributed by atoms with Crippen molar-refractivity contribution >= 4 is 23.2 Å². The summed E-state index contributed by atoms with van der Waals surface area (Å²) in [6.45, 7) is 1.90. The Kier molecular flexibility index (Phi) is 6.57. The van der Waals surface area contributed by atoms with E-state index in [9.17, 15) is 9.59 Å². The third kappa shape index (κ3) is 4.65.